The van der Waals surface area contributed by atoms with Crippen LogP contribution in [0.2, 0.25) is 0 Å². The standard InChI is InChI=1S/C20H32F2N4O3/c1-7-8-15-12-24(19(28)29-20(4,5)6)9-10-25(15)17(27)11-16-13(2)23-26(14(16)3)18(21)22/h15,18H,7-12H2,1-6H3/t15-/m0/s1. The molecule has 1 fully saturated rings. The van der Waals surface area contributed by atoms with Gasteiger partial charge in [-0.1, -0.05) is 13.3 Å². The zero-order valence-electron chi connectivity index (χ0n) is 18.2. The molecule has 1 aromatic rings. The van der Waals surface area contributed by atoms with Crippen LogP contribution in [-0.4, -0.2) is 62.9 Å². The van der Waals surface area contributed by atoms with Gasteiger partial charge in [-0.2, -0.15) is 13.9 Å². The summed E-state index contributed by atoms with van der Waals surface area (Å²) in [7, 11) is 0. The van der Waals surface area contributed by atoms with Crippen molar-refractivity contribution in [2.75, 3.05) is 19.6 Å². The summed E-state index contributed by atoms with van der Waals surface area (Å²) >= 11 is 0. The number of hydrogen-bond acceptors (Lipinski definition) is 4. The lowest BCUT2D eigenvalue weighted by Crippen LogP contribution is -2.57. The Balaban J connectivity index is 2.12. The number of alkyl halides is 2. The highest BCUT2D eigenvalue weighted by Gasteiger charge is 2.34. The molecule has 1 aliphatic heterocycles. The topological polar surface area (TPSA) is 67.7 Å². The van der Waals surface area contributed by atoms with Crippen molar-refractivity contribution in [3.8, 4) is 0 Å². The van der Waals surface area contributed by atoms with Crippen LogP contribution >= 0.6 is 0 Å². The van der Waals surface area contributed by atoms with E-state index in [1.165, 1.54) is 0 Å². The van der Waals surface area contributed by atoms with Crippen molar-refractivity contribution in [3.63, 3.8) is 0 Å². The Labute approximate surface area is 171 Å². The Hall–Kier alpha value is -2.19. The molecule has 0 radical (unpaired) electrons. The maximum atomic E-state index is 13.1. The van der Waals surface area contributed by atoms with Crippen molar-refractivity contribution in [1.82, 2.24) is 19.6 Å². The number of hydrogen-bond donors (Lipinski definition) is 0. The molecule has 1 aliphatic rings. The van der Waals surface area contributed by atoms with E-state index in [1.807, 2.05) is 27.7 Å². The Morgan fingerprint density at radius 2 is 1.90 bits per heavy atom. The van der Waals surface area contributed by atoms with Crippen LogP contribution in [0.1, 0.15) is 64.0 Å². The first kappa shape index (κ1) is 23.1. The fourth-order valence-electron chi connectivity index (χ4n) is 3.65. The smallest absolute Gasteiger partial charge is 0.410 e. The first-order valence-corrected chi connectivity index (χ1v) is 10.0. The number of amides is 2. The molecule has 2 rings (SSSR count). The molecule has 164 valence electrons. The van der Waals surface area contributed by atoms with Gasteiger partial charge in [0, 0.05) is 36.9 Å². The van der Waals surface area contributed by atoms with Crippen LogP contribution in [0.25, 0.3) is 0 Å². The lowest BCUT2D eigenvalue weighted by molar-refractivity contribution is -0.135. The molecule has 1 atom stereocenters. The Kier molecular flexibility index (Phi) is 7.24. The average molecular weight is 414 g/mol. The SMILES string of the molecule is CCC[C@H]1CN(C(=O)OC(C)(C)C)CCN1C(=O)Cc1c(C)nn(C(F)F)c1C. The van der Waals surface area contributed by atoms with Gasteiger partial charge in [0.05, 0.1) is 12.1 Å². The van der Waals surface area contributed by atoms with Gasteiger partial charge < -0.3 is 14.5 Å². The Morgan fingerprint density at radius 1 is 1.24 bits per heavy atom. The minimum atomic E-state index is -2.73. The van der Waals surface area contributed by atoms with Crippen LogP contribution in [-0.2, 0) is 16.0 Å². The predicted molar refractivity (Wildman–Crippen MR) is 105 cm³/mol. The molecule has 2 heterocycles. The molecule has 2 amide bonds. The summed E-state index contributed by atoms with van der Waals surface area (Å²) in [4.78, 5) is 28.8. The van der Waals surface area contributed by atoms with E-state index < -0.39 is 12.2 Å². The highest BCUT2D eigenvalue weighted by atomic mass is 19.3. The van der Waals surface area contributed by atoms with Gasteiger partial charge in [-0.3, -0.25) is 4.79 Å². The van der Waals surface area contributed by atoms with Gasteiger partial charge in [0.25, 0.3) is 0 Å². The van der Waals surface area contributed by atoms with Crippen molar-refractivity contribution in [1.29, 1.82) is 0 Å². The van der Waals surface area contributed by atoms with E-state index in [0.717, 1.165) is 12.8 Å². The second kappa shape index (κ2) is 9.09. The summed E-state index contributed by atoms with van der Waals surface area (Å²) in [5, 5.41) is 3.86. The van der Waals surface area contributed by atoms with Crippen LogP contribution in [0, 0.1) is 13.8 Å². The fraction of sp³-hybridized carbons (Fsp3) is 0.750. The number of rotatable bonds is 5. The van der Waals surface area contributed by atoms with Crippen LogP contribution in [0.3, 0.4) is 0 Å². The summed E-state index contributed by atoms with van der Waals surface area (Å²) in [5.41, 5.74) is 0.713. The zero-order chi connectivity index (χ0) is 21.9. The molecule has 9 heteroatoms. The fourth-order valence-corrected chi connectivity index (χ4v) is 3.65. The Bertz CT molecular complexity index is 743. The molecular formula is C20H32F2N4O3. The molecule has 1 aromatic heterocycles. The van der Waals surface area contributed by atoms with E-state index in [9.17, 15) is 18.4 Å². The second-order valence-corrected chi connectivity index (χ2v) is 8.50. The highest BCUT2D eigenvalue weighted by molar-refractivity contribution is 5.80. The van der Waals surface area contributed by atoms with Gasteiger partial charge in [0.1, 0.15) is 5.60 Å². The second-order valence-electron chi connectivity index (χ2n) is 8.50. The molecule has 1 saturated heterocycles. The van der Waals surface area contributed by atoms with Crippen LogP contribution in [0.15, 0.2) is 0 Å². The molecule has 0 N–H and O–H groups in total. The first-order chi connectivity index (χ1) is 13.4. The minimum absolute atomic E-state index is 0.0248. The number of carbonyl (C=O) groups is 2. The molecule has 0 spiro atoms. The quantitative estimate of drug-likeness (QED) is 0.737. The molecule has 0 aromatic carbocycles. The van der Waals surface area contributed by atoms with E-state index >= 15 is 0 Å². The molecule has 7 nitrogen and oxygen atoms in total. The largest absolute Gasteiger partial charge is 0.444 e. The third-order valence-electron chi connectivity index (χ3n) is 5.06. The maximum absolute atomic E-state index is 13.1. The lowest BCUT2D eigenvalue weighted by Gasteiger charge is -2.41. The van der Waals surface area contributed by atoms with Gasteiger partial charge in [0.15, 0.2) is 0 Å². The lowest BCUT2D eigenvalue weighted by atomic mass is 10.0. The predicted octanol–water partition coefficient (Wildman–Crippen LogP) is 3.69. The summed E-state index contributed by atoms with van der Waals surface area (Å²) < 4.78 is 32.2. The zero-order valence-corrected chi connectivity index (χ0v) is 18.2. The van der Waals surface area contributed by atoms with Crippen molar-refractivity contribution in [2.24, 2.45) is 0 Å². The monoisotopic (exact) mass is 414 g/mol. The van der Waals surface area contributed by atoms with Gasteiger partial charge in [-0.15, -0.1) is 0 Å². The third kappa shape index (κ3) is 5.67. The Morgan fingerprint density at radius 3 is 2.41 bits per heavy atom. The molecule has 0 bridgehead atoms. The van der Waals surface area contributed by atoms with Crippen LogP contribution in [0.5, 0.6) is 0 Å². The molecular weight excluding hydrogens is 382 g/mol. The van der Waals surface area contributed by atoms with Gasteiger partial charge in [-0.25, -0.2) is 9.48 Å². The van der Waals surface area contributed by atoms with Crippen LogP contribution < -0.4 is 0 Å². The third-order valence-corrected chi connectivity index (χ3v) is 5.06. The van der Waals surface area contributed by atoms with E-state index in [-0.39, 0.29) is 24.5 Å². The van der Waals surface area contributed by atoms with Crippen molar-refractivity contribution >= 4 is 12.0 Å². The van der Waals surface area contributed by atoms with Gasteiger partial charge in [0.2, 0.25) is 5.91 Å². The van der Waals surface area contributed by atoms with Gasteiger partial charge >= 0.3 is 12.6 Å². The summed E-state index contributed by atoms with van der Waals surface area (Å²) in [6.45, 7) is 9.12. The highest BCUT2D eigenvalue weighted by Crippen LogP contribution is 2.23. The van der Waals surface area contributed by atoms with E-state index in [0.29, 0.717) is 41.3 Å². The number of aryl methyl sites for hydroxylation is 1. The van der Waals surface area contributed by atoms with Crippen molar-refractivity contribution in [2.45, 2.75) is 79.0 Å². The molecule has 29 heavy (non-hydrogen) atoms. The number of halogens is 2. The molecule has 0 saturated carbocycles. The van der Waals surface area contributed by atoms with Crippen LogP contribution in [0.4, 0.5) is 13.6 Å². The number of nitrogens with zero attached hydrogens (tertiary/aromatic N) is 4. The normalized spacial score (nSPS) is 17.8. The van der Waals surface area contributed by atoms with Crippen molar-refractivity contribution < 1.29 is 23.1 Å². The molecule has 0 aliphatic carbocycles. The number of carbonyl (C=O) groups excluding carboxylic acids is 2. The van der Waals surface area contributed by atoms with Crippen molar-refractivity contribution in [3.05, 3.63) is 17.0 Å². The van der Waals surface area contributed by atoms with E-state index in [2.05, 4.69) is 5.10 Å². The number of ether oxygens (including phenoxy) is 1. The summed E-state index contributed by atoms with van der Waals surface area (Å²) in [5.74, 6) is -0.132. The number of aromatic nitrogens is 2. The summed E-state index contributed by atoms with van der Waals surface area (Å²) in [6.07, 6.45) is 1.25. The van der Waals surface area contributed by atoms with E-state index in [1.54, 1.807) is 23.6 Å². The average Bonchev–Trinajstić information content (AvgIpc) is 2.88. The number of piperazine rings is 1. The molecule has 0 unspecified atom stereocenters. The van der Waals surface area contributed by atoms with E-state index in [4.69, 9.17) is 4.74 Å². The van der Waals surface area contributed by atoms with Gasteiger partial charge in [-0.05, 0) is 41.0 Å². The maximum Gasteiger partial charge on any atom is 0.410 e. The first-order valence-electron chi connectivity index (χ1n) is 10.0. The minimum Gasteiger partial charge on any atom is -0.444 e. The summed E-state index contributed by atoms with van der Waals surface area (Å²) in [6, 6.07) is -0.125.